The number of hydrogen-bond donors (Lipinski definition) is 1. The van der Waals surface area contributed by atoms with Gasteiger partial charge in [0.1, 0.15) is 12.0 Å². The summed E-state index contributed by atoms with van der Waals surface area (Å²) in [7, 11) is 0. The average Bonchev–Trinajstić information content (AvgIpc) is 3.03. The minimum absolute atomic E-state index is 0.151. The van der Waals surface area contributed by atoms with Crippen molar-refractivity contribution in [3.63, 3.8) is 0 Å². The number of phenolic OH excluding ortho intramolecular Hbond substituents is 1. The Morgan fingerprint density at radius 1 is 1.15 bits per heavy atom. The average molecular weight is 372 g/mol. The summed E-state index contributed by atoms with van der Waals surface area (Å²) in [6.45, 7) is 2.90. The number of hydrogen-bond acceptors (Lipinski definition) is 4. The van der Waals surface area contributed by atoms with Gasteiger partial charge in [-0.05, 0) is 43.7 Å². The van der Waals surface area contributed by atoms with Crippen molar-refractivity contribution >= 4 is 17.8 Å². The number of carbonyl (C=O) groups is 2. The van der Waals surface area contributed by atoms with E-state index in [-0.39, 0.29) is 11.8 Å². The maximum Gasteiger partial charge on any atom is 0.157 e. The molecule has 1 aliphatic heterocycles. The fraction of sp³-hybridized carbons (Fsp3) is 0.565. The normalized spacial score (nSPS) is 17.1. The first-order valence-electron chi connectivity index (χ1n) is 10.4. The lowest BCUT2D eigenvalue weighted by atomic mass is 10.0. The van der Waals surface area contributed by atoms with E-state index in [1.807, 2.05) is 24.3 Å². The van der Waals surface area contributed by atoms with Crippen molar-refractivity contribution in [2.24, 2.45) is 0 Å². The summed E-state index contributed by atoms with van der Waals surface area (Å²) in [6, 6.07) is 5.70. The van der Waals surface area contributed by atoms with Gasteiger partial charge in [0, 0.05) is 31.1 Å². The molecule has 1 fully saturated rings. The van der Waals surface area contributed by atoms with Gasteiger partial charge >= 0.3 is 0 Å². The number of allylic oxidation sites excluding steroid dienone is 1. The zero-order valence-corrected chi connectivity index (χ0v) is 16.5. The highest BCUT2D eigenvalue weighted by Crippen LogP contribution is 2.31. The second-order valence-electron chi connectivity index (χ2n) is 7.35. The Hall–Kier alpha value is -2.10. The number of phenols is 1. The Bertz CT molecular complexity index is 639. The molecule has 4 heteroatoms. The van der Waals surface area contributed by atoms with Crippen LogP contribution in [0.5, 0.6) is 5.75 Å². The first-order chi connectivity index (χ1) is 13.2. The Labute approximate surface area is 163 Å². The van der Waals surface area contributed by atoms with E-state index in [1.54, 1.807) is 0 Å². The van der Waals surface area contributed by atoms with Gasteiger partial charge in [0.15, 0.2) is 5.78 Å². The van der Waals surface area contributed by atoms with E-state index in [1.165, 1.54) is 19.3 Å². The summed E-state index contributed by atoms with van der Waals surface area (Å²) in [5.74, 6) is 0.599. The number of Topliss-reactive ketones (excluding diaryl/α,β-unsaturated/α-hetero) is 1. The van der Waals surface area contributed by atoms with Crippen molar-refractivity contribution in [1.82, 2.24) is 0 Å². The zero-order valence-electron chi connectivity index (χ0n) is 16.5. The van der Waals surface area contributed by atoms with Crippen LogP contribution in [-0.2, 0) is 16.0 Å². The third kappa shape index (κ3) is 6.53. The predicted molar refractivity (Wildman–Crippen MR) is 110 cm³/mol. The molecule has 148 valence electrons. The molecule has 0 spiro atoms. The highest BCUT2D eigenvalue weighted by molar-refractivity contribution is 5.91. The maximum absolute atomic E-state index is 12.3. The zero-order chi connectivity index (χ0) is 19.5. The van der Waals surface area contributed by atoms with E-state index in [0.29, 0.717) is 31.6 Å². The third-order valence-corrected chi connectivity index (χ3v) is 5.27. The fourth-order valence-electron chi connectivity index (χ4n) is 3.64. The van der Waals surface area contributed by atoms with Crippen LogP contribution in [0.4, 0.5) is 5.69 Å². The van der Waals surface area contributed by atoms with Gasteiger partial charge in [-0.15, -0.1) is 0 Å². The van der Waals surface area contributed by atoms with Gasteiger partial charge in [-0.1, -0.05) is 44.4 Å². The van der Waals surface area contributed by atoms with Crippen LogP contribution in [0.1, 0.15) is 70.3 Å². The quantitative estimate of drug-likeness (QED) is 0.320. The topological polar surface area (TPSA) is 57.6 Å². The predicted octanol–water partition coefficient (Wildman–Crippen LogP) is 4.98. The van der Waals surface area contributed by atoms with Gasteiger partial charge < -0.3 is 14.8 Å². The molecule has 0 bridgehead atoms. The first-order valence-corrected chi connectivity index (χ1v) is 10.4. The van der Waals surface area contributed by atoms with E-state index < -0.39 is 0 Å². The number of aromatic hydroxyl groups is 1. The number of benzene rings is 1. The molecule has 1 aromatic carbocycles. The molecule has 0 amide bonds. The van der Waals surface area contributed by atoms with Crippen LogP contribution in [0.2, 0.25) is 0 Å². The van der Waals surface area contributed by atoms with Crippen molar-refractivity contribution in [1.29, 1.82) is 0 Å². The molecule has 0 saturated carbocycles. The van der Waals surface area contributed by atoms with Gasteiger partial charge in [0.05, 0.1) is 6.04 Å². The van der Waals surface area contributed by atoms with Crippen LogP contribution < -0.4 is 4.90 Å². The fourth-order valence-corrected chi connectivity index (χ4v) is 3.64. The molecule has 1 atom stereocenters. The van der Waals surface area contributed by atoms with Crippen LogP contribution in [0.25, 0.3) is 0 Å². The molecular weight excluding hydrogens is 338 g/mol. The Morgan fingerprint density at radius 2 is 2.00 bits per heavy atom. The van der Waals surface area contributed by atoms with E-state index >= 15 is 0 Å². The highest BCUT2D eigenvalue weighted by atomic mass is 16.3. The van der Waals surface area contributed by atoms with Crippen molar-refractivity contribution in [2.75, 3.05) is 11.4 Å². The molecule has 1 aliphatic rings. The van der Waals surface area contributed by atoms with E-state index in [4.69, 9.17) is 0 Å². The van der Waals surface area contributed by atoms with Crippen LogP contribution in [0, 0.1) is 0 Å². The van der Waals surface area contributed by atoms with E-state index in [2.05, 4.69) is 17.9 Å². The number of carbonyl (C=O) groups excluding carboxylic acids is 2. The van der Waals surface area contributed by atoms with Crippen LogP contribution in [0.3, 0.4) is 0 Å². The highest BCUT2D eigenvalue weighted by Gasteiger charge is 2.31. The SMILES string of the molecule is CCCCCCc1ccc(N2CCC(=O)[C@@H]2C/C=C\CCCC=O)cc1O. The maximum atomic E-state index is 12.3. The van der Waals surface area contributed by atoms with Crippen molar-refractivity contribution in [3.8, 4) is 5.75 Å². The first kappa shape index (κ1) is 21.2. The summed E-state index contributed by atoms with van der Waals surface area (Å²) >= 11 is 0. The van der Waals surface area contributed by atoms with E-state index in [0.717, 1.165) is 43.2 Å². The lowest BCUT2D eigenvalue weighted by Crippen LogP contribution is -2.32. The second kappa shape index (κ2) is 11.6. The van der Waals surface area contributed by atoms with Crippen LogP contribution >= 0.6 is 0 Å². The molecule has 1 heterocycles. The lowest BCUT2D eigenvalue weighted by Gasteiger charge is -2.25. The number of unbranched alkanes of at least 4 members (excludes halogenated alkanes) is 5. The second-order valence-corrected chi connectivity index (χ2v) is 7.35. The number of rotatable bonds is 12. The largest absolute Gasteiger partial charge is 0.508 e. The van der Waals surface area contributed by atoms with E-state index in [9.17, 15) is 14.7 Å². The van der Waals surface area contributed by atoms with Gasteiger partial charge in [-0.3, -0.25) is 4.79 Å². The molecule has 4 nitrogen and oxygen atoms in total. The number of aldehydes is 1. The van der Waals surface area contributed by atoms with Gasteiger partial charge in [0.25, 0.3) is 0 Å². The van der Waals surface area contributed by atoms with Crippen molar-refractivity contribution in [2.45, 2.75) is 77.2 Å². The molecule has 1 N–H and O–H groups in total. The molecule has 2 rings (SSSR count). The molecule has 1 saturated heterocycles. The lowest BCUT2D eigenvalue weighted by molar-refractivity contribution is -0.118. The van der Waals surface area contributed by atoms with Crippen LogP contribution in [-0.4, -0.2) is 29.8 Å². The molecule has 0 aromatic heterocycles. The molecule has 1 aromatic rings. The Balaban J connectivity index is 1.95. The molecule has 0 unspecified atom stereocenters. The van der Waals surface area contributed by atoms with Crippen molar-refractivity contribution < 1.29 is 14.7 Å². The Kier molecular flexibility index (Phi) is 9.09. The summed E-state index contributed by atoms with van der Waals surface area (Å²) in [6.07, 6.45) is 14.2. The monoisotopic (exact) mass is 371 g/mol. The van der Waals surface area contributed by atoms with Crippen LogP contribution in [0.15, 0.2) is 30.4 Å². The Morgan fingerprint density at radius 3 is 2.74 bits per heavy atom. The molecular formula is C23H33NO3. The smallest absolute Gasteiger partial charge is 0.157 e. The number of aryl methyl sites for hydroxylation is 1. The van der Waals surface area contributed by atoms with Gasteiger partial charge in [0.2, 0.25) is 0 Å². The number of ketones is 1. The molecule has 0 radical (unpaired) electrons. The number of nitrogens with zero attached hydrogens (tertiary/aromatic N) is 1. The third-order valence-electron chi connectivity index (χ3n) is 5.27. The summed E-state index contributed by atoms with van der Waals surface area (Å²) < 4.78 is 0. The molecule has 27 heavy (non-hydrogen) atoms. The standard InChI is InChI=1S/C23H33NO3/c1-2-3-4-8-11-19-13-14-20(18-23(19)27)24-16-15-22(26)21(24)12-9-6-5-7-10-17-25/h6,9,13-14,17-18,21,27H,2-5,7-8,10-12,15-16H2,1H3/b9-6-/t21-/m0/s1. The van der Waals surface area contributed by atoms with Gasteiger partial charge in [-0.25, -0.2) is 0 Å². The minimum Gasteiger partial charge on any atom is -0.508 e. The van der Waals surface area contributed by atoms with Gasteiger partial charge in [-0.2, -0.15) is 0 Å². The van der Waals surface area contributed by atoms with Crippen molar-refractivity contribution in [3.05, 3.63) is 35.9 Å². The molecule has 0 aliphatic carbocycles. The summed E-state index contributed by atoms with van der Waals surface area (Å²) in [4.78, 5) is 24.7. The number of anilines is 1. The summed E-state index contributed by atoms with van der Waals surface area (Å²) in [5.41, 5.74) is 1.92. The summed E-state index contributed by atoms with van der Waals surface area (Å²) in [5, 5.41) is 10.4. The minimum atomic E-state index is -0.151.